The van der Waals surface area contributed by atoms with Gasteiger partial charge in [0.25, 0.3) is 5.91 Å². The van der Waals surface area contributed by atoms with Gasteiger partial charge in [0.15, 0.2) is 0 Å². The number of para-hydroxylation sites is 1. The Kier molecular flexibility index (Phi) is 3.92. The Morgan fingerprint density at radius 3 is 3.00 bits per heavy atom. The summed E-state index contributed by atoms with van der Waals surface area (Å²) < 4.78 is 5.49. The molecular weight excluding hydrogens is 266 g/mol. The standard InChI is InChI=1S/C16H19N3O2/c17-18-16(20)13-8-10-21-15(13)11-19-9-4-3-6-12-5-1-2-7-14(12)19/h1-2,5,7-8,10H,3-4,6,9,11,17H2,(H,18,20). The lowest BCUT2D eigenvalue weighted by atomic mass is 10.1. The van der Waals surface area contributed by atoms with Crippen LogP contribution in [0.4, 0.5) is 5.69 Å². The van der Waals surface area contributed by atoms with Crippen molar-refractivity contribution in [3.8, 4) is 0 Å². The van der Waals surface area contributed by atoms with Gasteiger partial charge in [-0.25, -0.2) is 5.84 Å². The third-order valence-corrected chi connectivity index (χ3v) is 3.91. The van der Waals surface area contributed by atoms with Gasteiger partial charge in [-0.3, -0.25) is 10.2 Å². The molecule has 21 heavy (non-hydrogen) atoms. The van der Waals surface area contributed by atoms with E-state index in [4.69, 9.17) is 10.3 Å². The van der Waals surface area contributed by atoms with Crippen LogP contribution in [0.3, 0.4) is 0 Å². The Morgan fingerprint density at radius 1 is 1.29 bits per heavy atom. The maximum atomic E-state index is 11.7. The fourth-order valence-corrected chi connectivity index (χ4v) is 2.85. The predicted octanol–water partition coefficient (Wildman–Crippen LogP) is 2.23. The minimum Gasteiger partial charge on any atom is -0.467 e. The molecule has 3 rings (SSSR count). The van der Waals surface area contributed by atoms with Gasteiger partial charge in [-0.15, -0.1) is 0 Å². The molecule has 1 aliphatic rings. The summed E-state index contributed by atoms with van der Waals surface area (Å²) in [7, 11) is 0. The highest BCUT2D eigenvalue weighted by molar-refractivity contribution is 5.94. The second-order valence-corrected chi connectivity index (χ2v) is 5.24. The lowest BCUT2D eigenvalue weighted by Crippen LogP contribution is -2.31. The number of benzene rings is 1. The first-order valence-electron chi connectivity index (χ1n) is 7.20. The zero-order valence-electron chi connectivity index (χ0n) is 11.8. The van der Waals surface area contributed by atoms with E-state index in [1.54, 1.807) is 6.07 Å². The number of hydrogen-bond donors (Lipinski definition) is 2. The summed E-state index contributed by atoms with van der Waals surface area (Å²) in [6.45, 7) is 1.54. The number of rotatable bonds is 3. The molecule has 0 atom stereocenters. The van der Waals surface area contributed by atoms with Crippen LogP contribution < -0.4 is 16.2 Å². The number of nitrogen functional groups attached to an aromatic ring is 1. The lowest BCUT2D eigenvalue weighted by Gasteiger charge is -2.24. The largest absolute Gasteiger partial charge is 0.467 e. The first-order valence-corrected chi connectivity index (χ1v) is 7.20. The molecule has 1 aromatic heterocycles. The van der Waals surface area contributed by atoms with Crippen molar-refractivity contribution < 1.29 is 9.21 Å². The van der Waals surface area contributed by atoms with Crippen molar-refractivity contribution in [3.63, 3.8) is 0 Å². The summed E-state index contributed by atoms with van der Waals surface area (Å²) in [4.78, 5) is 14.0. The van der Waals surface area contributed by atoms with Crippen molar-refractivity contribution in [1.29, 1.82) is 0 Å². The van der Waals surface area contributed by atoms with Crippen molar-refractivity contribution in [3.05, 3.63) is 53.5 Å². The number of nitrogens with two attached hydrogens (primary N) is 1. The zero-order valence-corrected chi connectivity index (χ0v) is 11.8. The van der Waals surface area contributed by atoms with E-state index in [-0.39, 0.29) is 5.91 Å². The molecule has 5 nitrogen and oxygen atoms in total. The van der Waals surface area contributed by atoms with Crippen LogP contribution in [0.1, 0.15) is 34.5 Å². The molecule has 0 bridgehead atoms. The second-order valence-electron chi connectivity index (χ2n) is 5.24. The number of carbonyl (C=O) groups is 1. The molecule has 1 amide bonds. The average molecular weight is 285 g/mol. The fraction of sp³-hybridized carbons (Fsp3) is 0.312. The average Bonchev–Trinajstić information content (AvgIpc) is 2.88. The van der Waals surface area contributed by atoms with E-state index in [1.165, 1.54) is 23.9 Å². The number of carbonyl (C=O) groups excluding carboxylic acids is 1. The third-order valence-electron chi connectivity index (χ3n) is 3.91. The fourth-order valence-electron chi connectivity index (χ4n) is 2.85. The van der Waals surface area contributed by atoms with Crippen molar-refractivity contribution in [2.24, 2.45) is 5.84 Å². The molecule has 0 spiro atoms. The zero-order chi connectivity index (χ0) is 14.7. The van der Waals surface area contributed by atoms with Crippen molar-refractivity contribution in [1.82, 2.24) is 5.43 Å². The Morgan fingerprint density at radius 2 is 2.14 bits per heavy atom. The van der Waals surface area contributed by atoms with Crippen LogP contribution in [-0.2, 0) is 13.0 Å². The lowest BCUT2D eigenvalue weighted by molar-refractivity contribution is 0.0951. The van der Waals surface area contributed by atoms with E-state index in [0.717, 1.165) is 19.4 Å². The van der Waals surface area contributed by atoms with Gasteiger partial charge in [0.1, 0.15) is 5.76 Å². The number of nitrogens with zero attached hydrogens (tertiary/aromatic N) is 1. The molecule has 1 aromatic carbocycles. The summed E-state index contributed by atoms with van der Waals surface area (Å²) >= 11 is 0. The van der Waals surface area contributed by atoms with Crippen molar-refractivity contribution in [2.45, 2.75) is 25.8 Å². The quantitative estimate of drug-likeness (QED) is 0.515. The molecule has 5 heteroatoms. The molecule has 0 unspecified atom stereocenters. The van der Waals surface area contributed by atoms with Gasteiger partial charge < -0.3 is 9.32 Å². The van der Waals surface area contributed by atoms with E-state index >= 15 is 0 Å². The van der Waals surface area contributed by atoms with Crippen LogP contribution in [0.25, 0.3) is 0 Å². The van der Waals surface area contributed by atoms with Gasteiger partial charge in [0.05, 0.1) is 18.4 Å². The smallest absolute Gasteiger partial charge is 0.268 e. The summed E-state index contributed by atoms with van der Waals surface area (Å²) in [5, 5.41) is 0. The normalized spacial score (nSPS) is 14.4. The molecule has 2 aromatic rings. The first-order chi connectivity index (χ1) is 10.3. The molecule has 0 radical (unpaired) electrons. The van der Waals surface area contributed by atoms with Crippen LogP contribution in [0, 0.1) is 0 Å². The Labute approximate surface area is 123 Å². The van der Waals surface area contributed by atoms with Crippen LogP contribution in [0.5, 0.6) is 0 Å². The monoisotopic (exact) mass is 285 g/mol. The molecule has 0 saturated carbocycles. The van der Waals surface area contributed by atoms with Crippen LogP contribution in [-0.4, -0.2) is 12.5 Å². The van der Waals surface area contributed by atoms with Crippen molar-refractivity contribution >= 4 is 11.6 Å². The van der Waals surface area contributed by atoms with Gasteiger partial charge in [-0.1, -0.05) is 18.2 Å². The Hall–Kier alpha value is -2.27. The topological polar surface area (TPSA) is 71.5 Å². The summed E-state index contributed by atoms with van der Waals surface area (Å²) in [6.07, 6.45) is 4.94. The minimum atomic E-state index is -0.318. The maximum Gasteiger partial charge on any atom is 0.268 e. The summed E-state index contributed by atoms with van der Waals surface area (Å²) in [5.74, 6) is 5.54. The molecule has 110 valence electrons. The summed E-state index contributed by atoms with van der Waals surface area (Å²) in [6, 6.07) is 10.1. The molecule has 1 aliphatic heterocycles. The number of amides is 1. The Bertz CT molecular complexity index is 636. The molecule has 0 fully saturated rings. The van der Waals surface area contributed by atoms with Crippen LogP contribution in [0.15, 0.2) is 41.0 Å². The molecule has 0 saturated heterocycles. The van der Waals surface area contributed by atoms with E-state index < -0.39 is 0 Å². The SMILES string of the molecule is NNC(=O)c1ccoc1CN1CCCCc2ccccc21. The van der Waals surface area contributed by atoms with E-state index in [0.29, 0.717) is 17.9 Å². The number of aryl methyl sites for hydroxylation is 1. The van der Waals surface area contributed by atoms with Crippen LogP contribution >= 0.6 is 0 Å². The molecule has 3 N–H and O–H groups in total. The number of hydrazine groups is 1. The van der Waals surface area contributed by atoms with E-state index in [2.05, 4.69) is 28.5 Å². The highest BCUT2D eigenvalue weighted by atomic mass is 16.3. The third kappa shape index (κ3) is 2.78. The number of anilines is 1. The number of fused-ring (bicyclic) bond motifs is 1. The first kappa shape index (κ1) is 13.7. The number of furan rings is 1. The van der Waals surface area contributed by atoms with Crippen molar-refractivity contribution in [2.75, 3.05) is 11.4 Å². The highest BCUT2D eigenvalue weighted by Crippen LogP contribution is 2.28. The van der Waals surface area contributed by atoms with Gasteiger partial charge in [-0.05, 0) is 37.0 Å². The number of nitrogens with one attached hydrogen (secondary N) is 1. The van der Waals surface area contributed by atoms with Gasteiger partial charge in [0.2, 0.25) is 0 Å². The maximum absolute atomic E-state index is 11.7. The van der Waals surface area contributed by atoms with Crippen LogP contribution in [0.2, 0.25) is 0 Å². The summed E-state index contributed by atoms with van der Waals surface area (Å²) in [5.41, 5.74) is 5.24. The van der Waals surface area contributed by atoms with Gasteiger partial charge in [0, 0.05) is 12.2 Å². The highest BCUT2D eigenvalue weighted by Gasteiger charge is 2.20. The molecule has 0 aliphatic carbocycles. The predicted molar refractivity (Wildman–Crippen MR) is 80.8 cm³/mol. The van der Waals surface area contributed by atoms with E-state index in [9.17, 15) is 4.79 Å². The van der Waals surface area contributed by atoms with Gasteiger partial charge in [-0.2, -0.15) is 0 Å². The molecule has 2 heterocycles. The Balaban J connectivity index is 1.88. The molecular formula is C16H19N3O2. The number of hydrogen-bond acceptors (Lipinski definition) is 4. The minimum absolute atomic E-state index is 0.318. The van der Waals surface area contributed by atoms with Gasteiger partial charge >= 0.3 is 0 Å². The van der Waals surface area contributed by atoms with E-state index in [1.807, 2.05) is 6.07 Å². The second kappa shape index (κ2) is 6.01.